The summed E-state index contributed by atoms with van der Waals surface area (Å²) in [5.74, 6) is -0.0782. The van der Waals surface area contributed by atoms with Crippen molar-refractivity contribution in [3.63, 3.8) is 0 Å². The van der Waals surface area contributed by atoms with Crippen molar-refractivity contribution in [3.05, 3.63) is 65.2 Å². The highest BCUT2D eigenvalue weighted by Gasteiger charge is 2.13. The molecule has 2 aromatic carbocycles. The van der Waals surface area contributed by atoms with Crippen molar-refractivity contribution in [2.45, 2.75) is 26.2 Å². The van der Waals surface area contributed by atoms with Crippen LogP contribution in [-0.4, -0.2) is 10.9 Å². The summed E-state index contributed by atoms with van der Waals surface area (Å²) in [4.78, 5) is 12.3. The molecule has 0 amide bonds. The molecule has 0 unspecified atom stereocenters. The van der Waals surface area contributed by atoms with Crippen LogP contribution in [0.1, 0.15) is 41.3 Å². The van der Waals surface area contributed by atoms with Crippen LogP contribution in [0.25, 0.3) is 0 Å². The summed E-state index contributed by atoms with van der Waals surface area (Å²) in [6.45, 7) is 2.14. The highest BCUT2D eigenvalue weighted by atomic mass is 16.3. The van der Waals surface area contributed by atoms with Gasteiger partial charge in [0.1, 0.15) is 5.75 Å². The van der Waals surface area contributed by atoms with Crippen LogP contribution in [0.5, 0.6) is 5.75 Å². The molecule has 0 heterocycles. The Balaban J connectivity index is 2.30. The number of unbranched alkanes of at least 4 members (excludes halogenated alkanes) is 1. The number of hydrogen-bond acceptors (Lipinski definition) is 2. The van der Waals surface area contributed by atoms with Crippen LogP contribution in [0.4, 0.5) is 0 Å². The maximum Gasteiger partial charge on any atom is 0.196 e. The first-order chi connectivity index (χ1) is 9.22. The number of aromatic hydroxyl groups is 1. The molecule has 0 aliphatic heterocycles. The van der Waals surface area contributed by atoms with E-state index in [2.05, 4.69) is 6.92 Å². The Hall–Kier alpha value is -2.09. The van der Waals surface area contributed by atoms with Gasteiger partial charge < -0.3 is 5.11 Å². The summed E-state index contributed by atoms with van der Waals surface area (Å²) >= 11 is 0. The Morgan fingerprint density at radius 2 is 1.84 bits per heavy atom. The zero-order valence-corrected chi connectivity index (χ0v) is 11.1. The first-order valence-electron chi connectivity index (χ1n) is 6.64. The molecule has 0 bridgehead atoms. The van der Waals surface area contributed by atoms with E-state index >= 15 is 0 Å². The largest absolute Gasteiger partial charge is 0.507 e. The lowest BCUT2D eigenvalue weighted by Crippen LogP contribution is -2.02. The van der Waals surface area contributed by atoms with Gasteiger partial charge in [-0.05, 0) is 30.5 Å². The van der Waals surface area contributed by atoms with Crippen LogP contribution < -0.4 is 0 Å². The predicted molar refractivity (Wildman–Crippen MR) is 76.6 cm³/mol. The molecule has 1 N–H and O–H groups in total. The smallest absolute Gasteiger partial charge is 0.196 e. The molecular formula is C17H18O2. The molecule has 0 fully saturated rings. The monoisotopic (exact) mass is 254 g/mol. The number of phenols is 1. The van der Waals surface area contributed by atoms with Gasteiger partial charge >= 0.3 is 0 Å². The van der Waals surface area contributed by atoms with E-state index in [9.17, 15) is 9.90 Å². The van der Waals surface area contributed by atoms with Crippen LogP contribution in [0, 0.1) is 0 Å². The van der Waals surface area contributed by atoms with Crippen molar-refractivity contribution in [1.29, 1.82) is 0 Å². The zero-order chi connectivity index (χ0) is 13.7. The maximum absolute atomic E-state index is 12.3. The van der Waals surface area contributed by atoms with Gasteiger partial charge in [0.25, 0.3) is 0 Å². The average molecular weight is 254 g/mol. The van der Waals surface area contributed by atoms with Gasteiger partial charge in [0, 0.05) is 5.56 Å². The van der Waals surface area contributed by atoms with Gasteiger partial charge in [0.2, 0.25) is 0 Å². The quantitative estimate of drug-likeness (QED) is 0.820. The van der Waals surface area contributed by atoms with Gasteiger partial charge in [0.15, 0.2) is 5.78 Å². The second-order valence-electron chi connectivity index (χ2n) is 4.65. The van der Waals surface area contributed by atoms with Gasteiger partial charge in [-0.25, -0.2) is 0 Å². The van der Waals surface area contributed by atoms with E-state index in [1.807, 2.05) is 24.3 Å². The molecule has 0 aliphatic carbocycles. The Morgan fingerprint density at radius 3 is 2.53 bits per heavy atom. The summed E-state index contributed by atoms with van der Waals surface area (Å²) in [7, 11) is 0. The fraction of sp³-hybridized carbons (Fsp3) is 0.235. The number of phenolic OH excluding ortho intramolecular Hbond substituents is 1. The molecule has 0 spiro atoms. The van der Waals surface area contributed by atoms with Gasteiger partial charge in [-0.3, -0.25) is 4.79 Å². The van der Waals surface area contributed by atoms with Crippen molar-refractivity contribution in [2.75, 3.05) is 0 Å². The molecule has 2 heteroatoms. The SMILES string of the molecule is CCCCc1ccc(O)c(C(=O)c2ccccc2)c1. The molecule has 0 aliphatic rings. The molecule has 2 rings (SSSR count). The van der Waals surface area contributed by atoms with Gasteiger partial charge in [-0.2, -0.15) is 0 Å². The van der Waals surface area contributed by atoms with Crippen molar-refractivity contribution in [2.24, 2.45) is 0 Å². The first-order valence-corrected chi connectivity index (χ1v) is 6.64. The van der Waals surface area contributed by atoms with E-state index in [4.69, 9.17) is 0 Å². The number of benzene rings is 2. The van der Waals surface area contributed by atoms with Crippen LogP contribution >= 0.6 is 0 Å². The molecule has 0 radical (unpaired) electrons. The number of rotatable bonds is 5. The van der Waals surface area contributed by atoms with E-state index in [1.54, 1.807) is 24.3 Å². The normalized spacial score (nSPS) is 10.4. The van der Waals surface area contributed by atoms with Gasteiger partial charge in [-0.1, -0.05) is 49.7 Å². The van der Waals surface area contributed by atoms with Gasteiger partial charge in [-0.15, -0.1) is 0 Å². The molecule has 0 atom stereocenters. The molecule has 98 valence electrons. The molecule has 0 saturated carbocycles. The minimum absolute atomic E-state index is 0.0501. The topological polar surface area (TPSA) is 37.3 Å². The Kier molecular flexibility index (Phi) is 4.35. The van der Waals surface area contributed by atoms with Crippen LogP contribution in [0.15, 0.2) is 48.5 Å². The second-order valence-corrected chi connectivity index (χ2v) is 4.65. The van der Waals surface area contributed by atoms with E-state index in [0.29, 0.717) is 11.1 Å². The molecule has 19 heavy (non-hydrogen) atoms. The molecule has 2 aromatic rings. The minimum Gasteiger partial charge on any atom is -0.507 e. The lowest BCUT2D eigenvalue weighted by atomic mass is 9.98. The molecular weight excluding hydrogens is 236 g/mol. The van der Waals surface area contributed by atoms with Crippen molar-refractivity contribution >= 4 is 5.78 Å². The Labute approximate surface area is 113 Å². The van der Waals surface area contributed by atoms with E-state index in [1.165, 1.54) is 0 Å². The average Bonchev–Trinajstić information content (AvgIpc) is 2.46. The Morgan fingerprint density at radius 1 is 1.11 bits per heavy atom. The molecule has 2 nitrogen and oxygen atoms in total. The standard InChI is InChI=1S/C17H18O2/c1-2-3-7-13-10-11-16(18)15(12-13)17(19)14-8-5-4-6-9-14/h4-6,8-12,18H,2-3,7H2,1H3. The molecule has 0 aromatic heterocycles. The summed E-state index contributed by atoms with van der Waals surface area (Å²) in [6.07, 6.45) is 3.14. The Bertz CT molecular complexity index is 559. The third-order valence-corrected chi connectivity index (χ3v) is 3.16. The number of hydrogen-bond donors (Lipinski definition) is 1. The number of ketones is 1. The van der Waals surface area contributed by atoms with Gasteiger partial charge in [0.05, 0.1) is 5.56 Å². The van der Waals surface area contributed by atoms with E-state index in [-0.39, 0.29) is 11.5 Å². The van der Waals surface area contributed by atoms with Crippen LogP contribution in [0.2, 0.25) is 0 Å². The van der Waals surface area contributed by atoms with Crippen molar-refractivity contribution < 1.29 is 9.90 Å². The van der Waals surface area contributed by atoms with E-state index < -0.39 is 0 Å². The summed E-state index contributed by atoms with van der Waals surface area (Å²) in [6, 6.07) is 14.3. The number of carbonyl (C=O) groups is 1. The summed E-state index contributed by atoms with van der Waals surface area (Å²) in [5.41, 5.74) is 2.09. The van der Waals surface area contributed by atoms with Crippen LogP contribution in [-0.2, 0) is 6.42 Å². The summed E-state index contributed by atoms with van der Waals surface area (Å²) < 4.78 is 0. The lowest BCUT2D eigenvalue weighted by molar-refractivity contribution is 0.103. The fourth-order valence-electron chi connectivity index (χ4n) is 2.05. The first kappa shape index (κ1) is 13.3. The predicted octanol–water partition coefficient (Wildman–Crippen LogP) is 3.97. The van der Waals surface area contributed by atoms with Crippen molar-refractivity contribution in [1.82, 2.24) is 0 Å². The summed E-state index contributed by atoms with van der Waals surface area (Å²) in [5, 5.41) is 9.87. The third-order valence-electron chi connectivity index (χ3n) is 3.16. The fourth-order valence-corrected chi connectivity index (χ4v) is 2.05. The molecule has 0 saturated heterocycles. The maximum atomic E-state index is 12.3. The zero-order valence-electron chi connectivity index (χ0n) is 11.1. The van der Waals surface area contributed by atoms with Crippen molar-refractivity contribution in [3.8, 4) is 5.75 Å². The highest BCUT2D eigenvalue weighted by Crippen LogP contribution is 2.22. The highest BCUT2D eigenvalue weighted by molar-refractivity contribution is 6.10. The minimum atomic E-state index is -0.128. The van der Waals surface area contributed by atoms with E-state index in [0.717, 1.165) is 24.8 Å². The number of aryl methyl sites for hydroxylation is 1. The third kappa shape index (κ3) is 3.22. The van der Waals surface area contributed by atoms with Crippen LogP contribution in [0.3, 0.4) is 0 Å². The lowest BCUT2D eigenvalue weighted by Gasteiger charge is -2.07. The second kappa shape index (κ2) is 6.19. The number of carbonyl (C=O) groups excluding carboxylic acids is 1.